The van der Waals surface area contributed by atoms with E-state index in [-0.39, 0.29) is 26.3 Å². The van der Waals surface area contributed by atoms with Gasteiger partial charge < -0.3 is 0 Å². The fourth-order valence-electron chi connectivity index (χ4n) is 0.954. The van der Waals surface area contributed by atoms with E-state index in [1.54, 1.807) is 28.7 Å². The van der Waals surface area contributed by atoms with Crippen LogP contribution in [0.2, 0.25) is 5.02 Å². The highest BCUT2D eigenvalue weighted by molar-refractivity contribution is 14.1. The lowest BCUT2D eigenvalue weighted by molar-refractivity contribution is 0.149. The molecule has 0 aliphatic carbocycles. The predicted molar refractivity (Wildman–Crippen MR) is 56.2 cm³/mol. The van der Waals surface area contributed by atoms with E-state index in [9.17, 15) is 8.78 Å². The van der Waals surface area contributed by atoms with Crippen molar-refractivity contribution >= 4 is 34.2 Å². The van der Waals surface area contributed by atoms with Crippen LogP contribution in [0.5, 0.6) is 0 Å². The quantitative estimate of drug-likeness (QED) is 0.781. The Labute approximate surface area is 98.0 Å². The van der Waals surface area contributed by atoms with Gasteiger partial charge in [0.15, 0.2) is 0 Å². The fourth-order valence-corrected chi connectivity index (χ4v) is 1.79. The van der Waals surface area contributed by atoms with Crippen molar-refractivity contribution in [3.63, 3.8) is 0 Å². The normalized spacial score (nSPS) is 10.3. The third-order valence-corrected chi connectivity index (χ3v) is 3.32. The minimum absolute atomic E-state index is 0.0938. The van der Waals surface area contributed by atoms with Crippen molar-refractivity contribution in [1.82, 2.24) is 4.98 Å². The van der Waals surface area contributed by atoms with E-state index >= 15 is 0 Å². The van der Waals surface area contributed by atoms with Gasteiger partial charge in [0, 0.05) is 9.77 Å². The van der Waals surface area contributed by atoms with Gasteiger partial charge in [0.25, 0.3) is 6.43 Å². The zero-order valence-electron chi connectivity index (χ0n) is 6.77. The Morgan fingerprint density at radius 2 is 2.29 bits per heavy atom. The molecule has 74 valence electrons. The summed E-state index contributed by atoms with van der Waals surface area (Å²) in [5, 5.41) is 8.60. The van der Waals surface area contributed by atoms with Gasteiger partial charge in [-0.05, 0) is 22.6 Å². The van der Waals surface area contributed by atoms with Gasteiger partial charge in [0.2, 0.25) is 0 Å². The first-order chi connectivity index (χ1) is 6.57. The molecule has 0 atom stereocenters. The predicted octanol–water partition coefficient (Wildman–Crippen LogP) is 3.34. The van der Waals surface area contributed by atoms with Crippen LogP contribution >= 0.6 is 34.2 Å². The van der Waals surface area contributed by atoms with Crippen molar-refractivity contribution in [3.05, 3.63) is 26.0 Å². The number of pyridine rings is 1. The molecule has 1 aromatic heterocycles. The highest BCUT2D eigenvalue weighted by atomic mass is 127. The zero-order valence-corrected chi connectivity index (χ0v) is 9.68. The molecule has 0 radical (unpaired) electrons. The summed E-state index contributed by atoms with van der Waals surface area (Å²) in [5.41, 5.74) is -0.143. The Bertz CT molecular complexity index is 390. The van der Waals surface area contributed by atoms with E-state index < -0.39 is 6.43 Å². The lowest BCUT2D eigenvalue weighted by atomic mass is 10.1. The first-order valence-electron chi connectivity index (χ1n) is 3.55. The number of hydrogen-bond donors (Lipinski definition) is 0. The van der Waals surface area contributed by atoms with Gasteiger partial charge in [-0.3, -0.25) is 4.98 Å². The third kappa shape index (κ3) is 2.30. The molecule has 0 aliphatic rings. The maximum atomic E-state index is 12.6. The number of aromatic nitrogens is 1. The summed E-state index contributed by atoms with van der Waals surface area (Å²) >= 11 is 7.37. The summed E-state index contributed by atoms with van der Waals surface area (Å²) in [4.78, 5) is 3.71. The van der Waals surface area contributed by atoms with Crippen LogP contribution in [0.25, 0.3) is 0 Å². The Morgan fingerprint density at radius 1 is 1.64 bits per heavy atom. The minimum Gasteiger partial charge on any atom is -0.258 e. The Hall–Kier alpha value is -0.480. The monoisotopic (exact) mass is 328 g/mol. The average molecular weight is 328 g/mol. The lowest BCUT2D eigenvalue weighted by Crippen LogP contribution is -2.01. The molecule has 1 aromatic rings. The molecule has 1 heterocycles. The SMILES string of the molecule is N#CCc1ncc(Cl)c(I)c1C(F)F. The smallest absolute Gasteiger partial charge is 0.258 e. The molecule has 0 bridgehead atoms. The average Bonchev–Trinajstić information content (AvgIpc) is 2.11. The Morgan fingerprint density at radius 3 is 2.79 bits per heavy atom. The van der Waals surface area contributed by atoms with E-state index in [0.717, 1.165) is 0 Å². The van der Waals surface area contributed by atoms with Gasteiger partial charge in [-0.1, -0.05) is 11.6 Å². The van der Waals surface area contributed by atoms with Gasteiger partial charge >= 0.3 is 0 Å². The number of rotatable bonds is 2. The molecule has 0 saturated heterocycles. The fraction of sp³-hybridized carbons (Fsp3) is 0.250. The van der Waals surface area contributed by atoms with E-state index in [1.165, 1.54) is 6.20 Å². The van der Waals surface area contributed by atoms with Gasteiger partial charge in [0.05, 0.1) is 28.8 Å². The first-order valence-corrected chi connectivity index (χ1v) is 5.01. The van der Waals surface area contributed by atoms with Gasteiger partial charge in [-0.25, -0.2) is 8.78 Å². The van der Waals surface area contributed by atoms with Crippen LogP contribution in [0.1, 0.15) is 17.7 Å². The van der Waals surface area contributed by atoms with Crippen LogP contribution in [0.3, 0.4) is 0 Å². The second-order valence-corrected chi connectivity index (χ2v) is 3.90. The highest BCUT2D eigenvalue weighted by Crippen LogP contribution is 2.31. The second kappa shape index (κ2) is 4.84. The van der Waals surface area contributed by atoms with E-state index in [2.05, 4.69) is 4.98 Å². The third-order valence-electron chi connectivity index (χ3n) is 1.56. The molecule has 0 spiro atoms. The molecule has 0 aliphatic heterocycles. The molecule has 6 heteroatoms. The standard InChI is InChI=1S/C8H4ClF2IN2/c9-4-3-14-5(1-2-13)6(7(4)12)8(10)11/h3,8H,1H2. The molecule has 0 aromatic carbocycles. The summed E-state index contributed by atoms with van der Waals surface area (Å²) in [7, 11) is 0. The second-order valence-electron chi connectivity index (χ2n) is 2.42. The van der Waals surface area contributed by atoms with Crippen molar-refractivity contribution in [3.8, 4) is 6.07 Å². The number of nitriles is 1. The van der Waals surface area contributed by atoms with Gasteiger partial charge in [0.1, 0.15) is 0 Å². The van der Waals surface area contributed by atoms with Crippen LogP contribution < -0.4 is 0 Å². The van der Waals surface area contributed by atoms with Crippen LogP contribution in [0, 0.1) is 14.9 Å². The van der Waals surface area contributed by atoms with E-state index in [4.69, 9.17) is 16.9 Å². The van der Waals surface area contributed by atoms with Crippen molar-refractivity contribution in [2.24, 2.45) is 0 Å². The molecular weight excluding hydrogens is 324 g/mol. The molecule has 0 unspecified atom stereocenters. The summed E-state index contributed by atoms with van der Waals surface area (Å²) < 4.78 is 25.4. The summed E-state index contributed by atoms with van der Waals surface area (Å²) in [6.45, 7) is 0. The molecule has 2 nitrogen and oxygen atoms in total. The summed E-state index contributed by atoms with van der Waals surface area (Å²) in [6, 6.07) is 1.78. The zero-order chi connectivity index (χ0) is 10.7. The van der Waals surface area contributed by atoms with Gasteiger partial charge in [-0.15, -0.1) is 0 Å². The molecule has 0 fully saturated rings. The topological polar surface area (TPSA) is 36.7 Å². The van der Waals surface area contributed by atoms with Crippen molar-refractivity contribution in [1.29, 1.82) is 5.26 Å². The van der Waals surface area contributed by atoms with E-state index in [0.29, 0.717) is 0 Å². The van der Waals surface area contributed by atoms with Crippen LogP contribution in [0.15, 0.2) is 6.20 Å². The maximum Gasteiger partial charge on any atom is 0.266 e. The largest absolute Gasteiger partial charge is 0.266 e. The lowest BCUT2D eigenvalue weighted by Gasteiger charge is -2.08. The highest BCUT2D eigenvalue weighted by Gasteiger charge is 2.19. The van der Waals surface area contributed by atoms with Crippen LogP contribution in [0.4, 0.5) is 8.78 Å². The summed E-state index contributed by atoms with van der Waals surface area (Å²) in [5.74, 6) is 0. The van der Waals surface area contributed by atoms with Gasteiger partial charge in [-0.2, -0.15) is 5.26 Å². The molecular formula is C8H4ClF2IN2. The maximum absolute atomic E-state index is 12.6. The van der Waals surface area contributed by atoms with Crippen LogP contribution in [-0.2, 0) is 6.42 Å². The van der Waals surface area contributed by atoms with Crippen molar-refractivity contribution < 1.29 is 8.78 Å². The molecule has 0 amide bonds. The summed E-state index contributed by atoms with van der Waals surface area (Å²) in [6.07, 6.45) is -1.51. The Kier molecular flexibility index (Phi) is 4.01. The number of alkyl halides is 2. The molecule has 14 heavy (non-hydrogen) atoms. The molecule has 0 N–H and O–H groups in total. The van der Waals surface area contributed by atoms with Crippen LogP contribution in [-0.4, -0.2) is 4.98 Å². The number of halogens is 4. The Balaban J connectivity index is 3.31. The van der Waals surface area contributed by atoms with E-state index in [1.807, 2.05) is 0 Å². The first kappa shape index (κ1) is 11.6. The number of hydrogen-bond acceptors (Lipinski definition) is 2. The number of nitrogens with zero attached hydrogens (tertiary/aromatic N) is 2. The van der Waals surface area contributed by atoms with Crippen molar-refractivity contribution in [2.75, 3.05) is 0 Å². The molecule has 0 saturated carbocycles. The molecule has 1 rings (SSSR count). The minimum atomic E-state index is -2.66. The van der Waals surface area contributed by atoms with Crippen molar-refractivity contribution in [2.45, 2.75) is 12.8 Å².